The number of amides is 1. The van der Waals surface area contributed by atoms with Crippen molar-refractivity contribution in [2.75, 3.05) is 6.61 Å². The predicted molar refractivity (Wildman–Crippen MR) is 66.1 cm³/mol. The SMILES string of the molecule is CC[C@H](CO)NC(=O)Cc1ccccc1[N+](=O)[O-]. The van der Waals surface area contributed by atoms with Crippen molar-refractivity contribution in [1.82, 2.24) is 5.32 Å². The van der Waals surface area contributed by atoms with Gasteiger partial charge in [0, 0.05) is 11.6 Å². The van der Waals surface area contributed by atoms with Crippen molar-refractivity contribution in [2.24, 2.45) is 0 Å². The summed E-state index contributed by atoms with van der Waals surface area (Å²) in [6.45, 7) is 1.70. The molecule has 0 saturated carbocycles. The summed E-state index contributed by atoms with van der Waals surface area (Å²) in [7, 11) is 0. The van der Waals surface area contributed by atoms with Gasteiger partial charge in [-0.25, -0.2) is 0 Å². The molecule has 1 amide bonds. The second-order valence-electron chi connectivity index (χ2n) is 3.92. The van der Waals surface area contributed by atoms with Crippen LogP contribution in [0.4, 0.5) is 5.69 Å². The summed E-state index contributed by atoms with van der Waals surface area (Å²) < 4.78 is 0. The van der Waals surface area contributed by atoms with E-state index in [1.807, 2.05) is 6.92 Å². The predicted octanol–water partition coefficient (Wildman–Crippen LogP) is 1.02. The molecular formula is C12H16N2O4. The highest BCUT2D eigenvalue weighted by Gasteiger charge is 2.16. The minimum absolute atomic E-state index is 0.0619. The highest BCUT2D eigenvalue weighted by atomic mass is 16.6. The summed E-state index contributed by atoms with van der Waals surface area (Å²) in [6.07, 6.45) is 0.548. The first-order valence-corrected chi connectivity index (χ1v) is 5.71. The van der Waals surface area contributed by atoms with E-state index in [4.69, 9.17) is 5.11 Å². The summed E-state index contributed by atoms with van der Waals surface area (Å²) in [5.74, 6) is -0.329. The largest absolute Gasteiger partial charge is 0.394 e. The van der Waals surface area contributed by atoms with Crippen molar-refractivity contribution >= 4 is 11.6 Å². The lowest BCUT2D eigenvalue weighted by Gasteiger charge is -2.13. The zero-order chi connectivity index (χ0) is 13.5. The summed E-state index contributed by atoms with van der Waals surface area (Å²) in [4.78, 5) is 21.9. The van der Waals surface area contributed by atoms with Gasteiger partial charge in [-0.1, -0.05) is 25.1 Å². The van der Waals surface area contributed by atoms with Crippen molar-refractivity contribution in [3.05, 3.63) is 39.9 Å². The Bertz CT molecular complexity index is 430. The van der Waals surface area contributed by atoms with E-state index in [1.165, 1.54) is 6.07 Å². The number of aliphatic hydroxyl groups excluding tert-OH is 1. The summed E-state index contributed by atoms with van der Waals surface area (Å²) in [6, 6.07) is 5.82. The van der Waals surface area contributed by atoms with Crippen LogP contribution in [-0.4, -0.2) is 28.6 Å². The van der Waals surface area contributed by atoms with Gasteiger partial charge in [0.25, 0.3) is 5.69 Å². The fourth-order valence-electron chi connectivity index (χ4n) is 1.57. The maximum atomic E-state index is 11.7. The van der Waals surface area contributed by atoms with Gasteiger partial charge in [0.1, 0.15) is 0 Å². The minimum atomic E-state index is -0.508. The first kappa shape index (κ1) is 14.1. The molecule has 0 fully saturated rings. The molecule has 1 rings (SSSR count). The van der Waals surface area contributed by atoms with Crippen LogP contribution >= 0.6 is 0 Å². The lowest BCUT2D eigenvalue weighted by Crippen LogP contribution is -2.37. The first-order chi connectivity index (χ1) is 8.58. The molecule has 0 aromatic heterocycles. The molecular weight excluding hydrogens is 236 g/mol. The second-order valence-corrected chi connectivity index (χ2v) is 3.92. The van der Waals surface area contributed by atoms with Gasteiger partial charge in [-0.2, -0.15) is 0 Å². The molecule has 0 aliphatic heterocycles. The lowest BCUT2D eigenvalue weighted by atomic mass is 10.1. The van der Waals surface area contributed by atoms with Crippen LogP contribution in [0.15, 0.2) is 24.3 Å². The Labute approximate surface area is 105 Å². The Kier molecular flexibility index (Phi) is 5.26. The second kappa shape index (κ2) is 6.70. The molecule has 0 bridgehead atoms. The van der Waals surface area contributed by atoms with Crippen molar-refractivity contribution in [2.45, 2.75) is 25.8 Å². The average Bonchev–Trinajstić information content (AvgIpc) is 2.36. The van der Waals surface area contributed by atoms with E-state index in [0.717, 1.165) is 0 Å². The van der Waals surface area contributed by atoms with Crippen molar-refractivity contribution in [1.29, 1.82) is 0 Å². The van der Waals surface area contributed by atoms with Gasteiger partial charge in [-0.05, 0) is 6.42 Å². The van der Waals surface area contributed by atoms with Gasteiger partial charge in [-0.15, -0.1) is 0 Å². The highest BCUT2D eigenvalue weighted by molar-refractivity contribution is 5.80. The van der Waals surface area contributed by atoms with Crippen molar-refractivity contribution in [3.8, 4) is 0 Å². The summed E-state index contributed by atoms with van der Waals surface area (Å²) >= 11 is 0. The van der Waals surface area contributed by atoms with Gasteiger partial charge in [-0.3, -0.25) is 14.9 Å². The number of carbonyl (C=O) groups excluding carboxylic acids is 1. The van der Waals surface area contributed by atoms with Crippen LogP contribution in [0.25, 0.3) is 0 Å². The number of rotatable bonds is 6. The van der Waals surface area contributed by atoms with Gasteiger partial charge in [0.2, 0.25) is 5.91 Å². The normalized spacial score (nSPS) is 11.9. The van der Waals surface area contributed by atoms with Crippen LogP contribution in [0.1, 0.15) is 18.9 Å². The van der Waals surface area contributed by atoms with Crippen LogP contribution in [0.5, 0.6) is 0 Å². The minimum Gasteiger partial charge on any atom is -0.394 e. The standard InChI is InChI=1S/C12H16N2O4/c1-2-10(8-15)13-12(16)7-9-5-3-4-6-11(9)14(17)18/h3-6,10,15H,2,7-8H2,1H3,(H,13,16)/t10-/m1/s1. The summed E-state index contributed by atoms with van der Waals surface area (Å²) in [5.41, 5.74) is 0.303. The molecule has 0 radical (unpaired) electrons. The molecule has 18 heavy (non-hydrogen) atoms. The highest BCUT2D eigenvalue weighted by Crippen LogP contribution is 2.17. The molecule has 0 heterocycles. The molecule has 6 nitrogen and oxygen atoms in total. The molecule has 2 N–H and O–H groups in total. The smallest absolute Gasteiger partial charge is 0.273 e. The number of nitrogens with one attached hydrogen (secondary N) is 1. The maximum absolute atomic E-state index is 11.7. The number of carbonyl (C=O) groups is 1. The van der Waals surface area contributed by atoms with Crippen molar-refractivity contribution in [3.63, 3.8) is 0 Å². The van der Waals surface area contributed by atoms with Gasteiger partial charge in [0.15, 0.2) is 0 Å². The zero-order valence-electron chi connectivity index (χ0n) is 10.1. The average molecular weight is 252 g/mol. The Morgan fingerprint density at radius 1 is 1.50 bits per heavy atom. The Morgan fingerprint density at radius 2 is 2.17 bits per heavy atom. The Morgan fingerprint density at radius 3 is 2.72 bits per heavy atom. The number of nitro groups is 1. The van der Waals surface area contributed by atoms with Crippen molar-refractivity contribution < 1.29 is 14.8 Å². The zero-order valence-corrected chi connectivity index (χ0v) is 10.1. The Balaban J connectivity index is 2.73. The first-order valence-electron chi connectivity index (χ1n) is 5.71. The third-order valence-electron chi connectivity index (χ3n) is 2.62. The fourth-order valence-corrected chi connectivity index (χ4v) is 1.57. The van der Waals surface area contributed by atoms with E-state index in [-0.39, 0.29) is 30.7 Å². The quantitative estimate of drug-likeness (QED) is 0.584. The number of hydrogen-bond acceptors (Lipinski definition) is 4. The molecule has 0 aliphatic carbocycles. The Hall–Kier alpha value is -1.95. The van der Waals surface area contributed by atoms with E-state index in [0.29, 0.717) is 12.0 Å². The molecule has 1 aromatic carbocycles. The third kappa shape index (κ3) is 3.81. The summed E-state index contributed by atoms with van der Waals surface area (Å²) in [5, 5.41) is 22.4. The van der Waals surface area contributed by atoms with Gasteiger partial charge in [0.05, 0.1) is 24.0 Å². The van der Waals surface area contributed by atoms with E-state index in [9.17, 15) is 14.9 Å². The number of hydrogen-bond donors (Lipinski definition) is 2. The van der Waals surface area contributed by atoms with Crippen LogP contribution < -0.4 is 5.32 Å². The number of nitro benzene ring substituents is 1. The number of para-hydroxylation sites is 1. The molecule has 0 aliphatic rings. The van der Waals surface area contributed by atoms with E-state index in [2.05, 4.69) is 5.32 Å². The third-order valence-corrected chi connectivity index (χ3v) is 2.62. The van der Waals surface area contributed by atoms with E-state index < -0.39 is 4.92 Å². The molecule has 6 heteroatoms. The van der Waals surface area contributed by atoms with Crippen LogP contribution in [0.2, 0.25) is 0 Å². The van der Waals surface area contributed by atoms with E-state index >= 15 is 0 Å². The number of nitrogens with zero attached hydrogens (tertiary/aromatic N) is 1. The molecule has 1 atom stereocenters. The molecule has 0 unspecified atom stereocenters. The topological polar surface area (TPSA) is 92.5 Å². The fraction of sp³-hybridized carbons (Fsp3) is 0.417. The van der Waals surface area contributed by atoms with Crippen LogP contribution in [-0.2, 0) is 11.2 Å². The van der Waals surface area contributed by atoms with Gasteiger partial charge >= 0.3 is 0 Å². The number of aliphatic hydroxyl groups is 1. The molecule has 0 saturated heterocycles. The van der Waals surface area contributed by atoms with Crippen LogP contribution in [0, 0.1) is 10.1 Å². The van der Waals surface area contributed by atoms with Crippen LogP contribution in [0.3, 0.4) is 0 Å². The molecule has 1 aromatic rings. The molecule has 0 spiro atoms. The lowest BCUT2D eigenvalue weighted by molar-refractivity contribution is -0.385. The van der Waals surface area contributed by atoms with Gasteiger partial charge < -0.3 is 10.4 Å². The van der Waals surface area contributed by atoms with E-state index in [1.54, 1.807) is 18.2 Å². The maximum Gasteiger partial charge on any atom is 0.273 e. The monoisotopic (exact) mass is 252 g/mol. The molecule has 98 valence electrons. The number of benzene rings is 1.